The fraction of sp³-hybridized carbons (Fsp3) is 0.433. The van der Waals surface area contributed by atoms with Crippen molar-refractivity contribution in [3.05, 3.63) is 59.7 Å². The van der Waals surface area contributed by atoms with Gasteiger partial charge in [0.1, 0.15) is 23.4 Å². The van der Waals surface area contributed by atoms with E-state index in [2.05, 4.69) is 23.5 Å². The highest BCUT2D eigenvalue weighted by molar-refractivity contribution is 5.99. The molecular formula is C30H39N3O5. The van der Waals surface area contributed by atoms with Gasteiger partial charge in [-0.1, -0.05) is 43.9 Å². The lowest BCUT2D eigenvalue weighted by Crippen LogP contribution is -2.51. The average molecular weight is 522 g/mol. The van der Waals surface area contributed by atoms with Crippen LogP contribution in [0.25, 0.3) is 0 Å². The van der Waals surface area contributed by atoms with Gasteiger partial charge in [0.15, 0.2) is 0 Å². The Morgan fingerprint density at radius 3 is 2.29 bits per heavy atom. The highest BCUT2D eigenvalue weighted by Gasteiger charge is 2.35. The highest BCUT2D eigenvalue weighted by atomic mass is 16.6. The number of alkyl carbamates (subject to hydrolysis) is 1. The Morgan fingerprint density at radius 2 is 1.71 bits per heavy atom. The lowest BCUT2D eigenvalue weighted by molar-refractivity contribution is -0.140. The summed E-state index contributed by atoms with van der Waals surface area (Å²) < 4.78 is 10.5. The molecule has 0 radical (unpaired) electrons. The molecule has 2 unspecified atom stereocenters. The van der Waals surface area contributed by atoms with Crippen LogP contribution in [0.4, 0.5) is 10.5 Å². The monoisotopic (exact) mass is 521 g/mol. The van der Waals surface area contributed by atoms with Crippen LogP contribution >= 0.6 is 0 Å². The van der Waals surface area contributed by atoms with E-state index < -0.39 is 35.6 Å². The van der Waals surface area contributed by atoms with E-state index in [9.17, 15) is 14.4 Å². The lowest BCUT2D eigenvalue weighted by atomic mass is 9.97. The number of carbonyl (C=O) groups excluding carboxylic acids is 3. The Labute approximate surface area is 226 Å². The number of hydrogen-bond acceptors (Lipinski definition) is 5. The highest BCUT2D eigenvalue weighted by Crippen LogP contribution is 2.28. The van der Waals surface area contributed by atoms with Crippen LogP contribution < -0.4 is 15.4 Å². The van der Waals surface area contributed by atoms with Crippen molar-refractivity contribution >= 4 is 23.6 Å². The van der Waals surface area contributed by atoms with E-state index in [0.717, 1.165) is 12.8 Å². The van der Waals surface area contributed by atoms with Crippen molar-refractivity contribution in [3.8, 4) is 18.1 Å². The summed E-state index contributed by atoms with van der Waals surface area (Å²) in [6.45, 7) is 9.16. The topological polar surface area (TPSA) is 97.0 Å². The van der Waals surface area contributed by atoms with Gasteiger partial charge >= 0.3 is 6.09 Å². The molecule has 0 spiro atoms. The summed E-state index contributed by atoms with van der Waals surface area (Å²) in [7, 11) is 1.56. The molecule has 2 aromatic carbocycles. The first-order valence-electron chi connectivity index (χ1n) is 12.8. The number of hydrogen-bond donors (Lipinski definition) is 2. The molecule has 8 heteroatoms. The van der Waals surface area contributed by atoms with Crippen molar-refractivity contribution < 1.29 is 23.9 Å². The van der Waals surface area contributed by atoms with Crippen LogP contribution in [0.5, 0.6) is 5.75 Å². The molecule has 38 heavy (non-hydrogen) atoms. The predicted octanol–water partition coefficient (Wildman–Crippen LogP) is 5.29. The first-order valence-corrected chi connectivity index (χ1v) is 12.8. The number of nitrogens with zero attached hydrogens (tertiary/aromatic N) is 1. The predicted molar refractivity (Wildman–Crippen MR) is 149 cm³/mol. The van der Waals surface area contributed by atoms with Gasteiger partial charge in [-0.2, -0.15) is 0 Å². The summed E-state index contributed by atoms with van der Waals surface area (Å²) in [6, 6.07) is 12.0. The second kappa shape index (κ2) is 14.1. The lowest BCUT2D eigenvalue weighted by Gasteiger charge is -2.34. The Bertz CT molecular complexity index is 1130. The minimum atomic E-state index is -1.03. The molecule has 0 aliphatic carbocycles. The van der Waals surface area contributed by atoms with Crippen molar-refractivity contribution in [2.24, 2.45) is 0 Å². The number of anilines is 1. The fourth-order valence-electron chi connectivity index (χ4n) is 3.90. The second-order valence-electron chi connectivity index (χ2n) is 9.96. The smallest absolute Gasteiger partial charge is 0.408 e. The summed E-state index contributed by atoms with van der Waals surface area (Å²) in [5.74, 6) is 2.44. The molecule has 0 aromatic heterocycles. The maximum absolute atomic E-state index is 13.8. The van der Waals surface area contributed by atoms with Crippen molar-refractivity contribution in [3.63, 3.8) is 0 Å². The quantitative estimate of drug-likeness (QED) is 0.309. The van der Waals surface area contributed by atoms with Crippen molar-refractivity contribution in [1.29, 1.82) is 0 Å². The minimum Gasteiger partial charge on any atom is -0.497 e. The summed E-state index contributed by atoms with van der Waals surface area (Å²) in [5, 5.41) is 5.52. The van der Waals surface area contributed by atoms with E-state index in [-0.39, 0.29) is 0 Å². The zero-order valence-electron chi connectivity index (χ0n) is 23.2. The maximum Gasteiger partial charge on any atom is 0.408 e. The summed E-state index contributed by atoms with van der Waals surface area (Å²) in [4.78, 5) is 41.5. The number of nitrogens with one attached hydrogen (secondary N) is 2. The van der Waals surface area contributed by atoms with Crippen LogP contribution in [-0.4, -0.2) is 48.1 Å². The van der Waals surface area contributed by atoms with Crippen LogP contribution in [0.15, 0.2) is 48.5 Å². The van der Waals surface area contributed by atoms with E-state index >= 15 is 0 Å². The van der Waals surface area contributed by atoms with Gasteiger partial charge in [-0.15, -0.1) is 6.42 Å². The molecule has 2 atom stereocenters. The largest absolute Gasteiger partial charge is 0.497 e. The number of terminal acetylenes is 1. The number of benzene rings is 2. The first-order chi connectivity index (χ1) is 18.0. The van der Waals surface area contributed by atoms with E-state index in [1.165, 1.54) is 4.90 Å². The van der Waals surface area contributed by atoms with Crippen LogP contribution in [-0.2, 0) is 14.3 Å². The van der Waals surface area contributed by atoms with Gasteiger partial charge in [0.25, 0.3) is 5.91 Å². The van der Waals surface area contributed by atoms with Gasteiger partial charge in [-0.25, -0.2) is 4.79 Å². The van der Waals surface area contributed by atoms with E-state index in [0.29, 0.717) is 35.5 Å². The third kappa shape index (κ3) is 8.84. The van der Waals surface area contributed by atoms with Crippen LogP contribution in [0, 0.1) is 12.3 Å². The zero-order chi connectivity index (χ0) is 28.3. The number of carbonyl (C=O) groups is 3. The SMILES string of the molecule is C#Cc1ccccc1C(C(=O)Nc1ccc(OC)cc1)N(CCCCC)C(=O)C(C)NC(=O)OC(C)(C)C. The molecule has 3 amide bonds. The summed E-state index contributed by atoms with van der Waals surface area (Å²) >= 11 is 0. The summed E-state index contributed by atoms with van der Waals surface area (Å²) in [5.41, 5.74) is 0.846. The maximum atomic E-state index is 13.8. The molecule has 0 saturated heterocycles. The molecule has 0 aliphatic heterocycles. The first kappa shape index (κ1) is 30.2. The van der Waals surface area contributed by atoms with Gasteiger partial charge in [0.2, 0.25) is 5.91 Å². The Kier molecular flexibility index (Phi) is 11.2. The number of methoxy groups -OCH3 is 1. The molecule has 0 aliphatic rings. The number of ether oxygens (including phenoxy) is 2. The molecule has 2 N–H and O–H groups in total. The van der Waals surface area contributed by atoms with Crippen molar-refractivity contribution in [2.45, 2.75) is 71.6 Å². The normalized spacial score (nSPS) is 12.4. The van der Waals surface area contributed by atoms with Gasteiger partial charge in [-0.3, -0.25) is 9.59 Å². The van der Waals surface area contributed by atoms with Gasteiger partial charge < -0.3 is 25.0 Å². The molecule has 204 valence electrons. The van der Waals surface area contributed by atoms with Crippen LogP contribution in [0.3, 0.4) is 0 Å². The number of amides is 3. The standard InChI is InChI=1S/C30H39N3O5/c1-8-10-13-20-33(28(35)21(3)31-29(36)38-30(4,5)6)26(25-15-12-11-14-22(25)9-2)27(34)32-23-16-18-24(37-7)19-17-23/h2,11-12,14-19,21,26H,8,10,13,20H2,1,3-7H3,(H,31,36)(H,32,34). The number of rotatable bonds is 11. The molecule has 2 aromatic rings. The van der Waals surface area contributed by atoms with Crippen LogP contribution in [0.1, 0.15) is 71.0 Å². The number of unbranched alkanes of at least 4 members (excludes halogenated alkanes) is 2. The molecule has 8 nitrogen and oxygen atoms in total. The second-order valence-corrected chi connectivity index (χ2v) is 9.96. The molecule has 0 fully saturated rings. The molecule has 0 bridgehead atoms. The average Bonchev–Trinajstić information content (AvgIpc) is 2.87. The van der Waals surface area contributed by atoms with E-state index in [1.54, 1.807) is 83.3 Å². The van der Waals surface area contributed by atoms with Crippen molar-refractivity contribution in [1.82, 2.24) is 10.2 Å². The Balaban J connectivity index is 2.48. The fourth-order valence-corrected chi connectivity index (χ4v) is 3.90. The van der Waals surface area contributed by atoms with E-state index in [4.69, 9.17) is 15.9 Å². The minimum absolute atomic E-state index is 0.298. The molecule has 0 heterocycles. The summed E-state index contributed by atoms with van der Waals surface area (Å²) in [6.07, 6.45) is 7.53. The Morgan fingerprint density at radius 1 is 1.05 bits per heavy atom. The van der Waals surface area contributed by atoms with Crippen LogP contribution in [0.2, 0.25) is 0 Å². The third-order valence-corrected chi connectivity index (χ3v) is 5.72. The molecule has 2 rings (SSSR count). The molecular weight excluding hydrogens is 482 g/mol. The third-order valence-electron chi connectivity index (χ3n) is 5.72. The van der Waals surface area contributed by atoms with Gasteiger partial charge in [0, 0.05) is 17.8 Å². The van der Waals surface area contributed by atoms with Gasteiger partial charge in [-0.05, 0) is 70.0 Å². The molecule has 0 saturated carbocycles. The Hall–Kier alpha value is -3.99. The zero-order valence-corrected chi connectivity index (χ0v) is 23.2. The van der Waals surface area contributed by atoms with Crippen molar-refractivity contribution in [2.75, 3.05) is 19.0 Å². The van der Waals surface area contributed by atoms with E-state index in [1.807, 2.05) is 0 Å². The van der Waals surface area contributed by atoms with Gasteiger partial charge in [0.05, 0.1) is 7.11 Å².